The van der Waals surface area contributed by atoms with Crippen molar-refractivity contribution < 1.29 is 9.32 Å². The summed E-state index contributed by atoms with van der Waals surface area (Å²) in [6, 6.07) is 15.5. The van der Waals surface area contributed by atoms with Crippen LogP contribution in [0.5, 0.6) is 0 Å². The summed E-state index contributed by atoms with van der Waals surface area (Å²) in [4.78, 5) is 30.2. The highest BCUT2D eigenvalue weighted by atomic mass is 16.5. The smallest absolute Gasteiger partial charge is 0.329 e. The van der Waals surface area contributed by atoms with E-state index in [1.165, 1.54) is 4.57 Å². The van der Waals surface area contributed by atoms with Gasteiger partial charge in [0.1, 0.15) is 6.54 Å². The van der Waals surface area contributed by atoms with Crippen molar-refractivity contribution in [2.45, 2.75) is 46.2 Å². The Kier molecular flexibility index (Phi) is 5.94. The van der Waals surface area contributed by atoms with Gasteiger partial charge in [-0.15, -0.1) is 0 Å². The third-order valence-electron chi connectivity index (χ3n) is 5.54. The van der Waals surface area contributed by atoms with Crippen molar-refractivity contribution in [1.29, 1.82) is 0 Å². The minimum absolute atomic E-state index is 0.0503. The maximum atomic E-state index is 13.2. The van der Waals surface area contributed by atoms with E-state index in [9.17, 15) is 9.59 Å². The lowest BCUT2D eigenvalue weighted by atomic mass is 10.0. The van der Waals surface area contributed by atoms with E-state index in [2.05, 4.69) is 22.4 Å². The Morgan fingerprint density at radius 1 is 1.09 bits per heavy atom. The highest BCUT2D eigenvalue weighted by Crippen LogP contribution is 2.24. The lowest BCUT2D eigenvalue weighted by Crippen LogP contribution is -2.35. The highest BCUT2D eigenvalue weighted by molar-refractivity contribution is 5.84. The van der Waals surface area contributed by atoms with Crippen molar-refractivity contribution >= 4 is 16.9 Å². The summed E-state index contributed by atoms with van der Waals surface area (Å²) in [5.74, 6) is 0.867. The summed E-state index contributed by atoms with van der Waals surface area (Å²) >= 11 is 0. The molecule has 2 aromatic carbocycles. The molecule has 0 aliphatic rings. The number of aryl methyl sites for hydroxylation is 1. The summed E-state index contributed by atoms with van der Waals surface area (Å²) in [5, 5.41) is 6.93. The van der Waals surface area contributed by atoms with Gasteiger partial charge >= 0.3 is 5.69 Å². The average molecular weight is 434 g/mol. The Morgan fingerprint density at radius 3 is 2.50 bits per heavy atom. The van der Waals surface area contributed by atoms with E-state index in [4.69, 9.17) is 4.52 Å². The lowest BCUT2D eigenvalue weighted by molar-refractivity contribution is -0.121. The molecule has 1 unspecified atom stereocenters. The molecule has 2 aromatic heterocycles. The van der Waals surface area contributed by atoms with Crippen molar-refractivity contribution in [3.8, 4) is 11.4 Å². The first kappa shape index (κ1) is 21.5. The monoisotopic (exact) mass is 433 g/mol. The van der Waals surface area contributed by atoms with Gasteiger partial charge in [0, 0.05) is 25.1 Å². The maximum Gasteiger partial charge on any atom is 0.329 e. The number of hydrogen-bond acceptors (Lipinski definition) is 5. The zero-order valence-electron chi connectivity index (χ0n) is 18.7. The molecular formula is C24H27N5O3. The Morgan fingerprint density at radius 2 is 1.84 bits per heavy atom. The van der Waals surface area contributed by atoms with E-state index in [1.807, 2.05) is 62.4 Å². The molecule has 1 N–H and O–H groups in total. The van der Waals surface area contributed by atoms with Gasteiger partial charge in [-0.1, -0.05) is 42.4 Å². The van der Waals surface area contributed by atoms with Gasteiger partial charge in [0.15, 0.2) is 0 Å². The zero-order chi connectivity index (χ0) is 22.8. The summed E-state index contributed by atoms with van der Waals surface area (Å²) in [5.41, 5.74) is 3.08. The van der Waals surface area contributed by atoms with Gasteiger partial charge in [-0.3, -0.25) is 13.9 Å². The van der Waals surface area contributed by atoms with Gasteiger partial charge in [-0.2, -0.15) is 4.98 Å². The molecule has 0 saturated carbocycles. The number of nitrogens with zero attached hydrogens (tertiary/aromatic N) is 4. The standard InChI is InChI=1S/C24H27N5O3/c1-15(2)29-20-11-10-19(23-26-17(4)32-27-23)12-21(20)28(24(29)31)14-22(30)25-13-16(3)18-8-6-5-7-9-18/h5-12,15-16H,13-14H2,1-4H3,(H,25,30). The fraction of sp³-hybridized carbons (Fsp3) is 0.333. The fourth-order valence-electron chi connectivity index (χ4n) is 3.85. The molecule has 166 valence electrons. The van der Waals surface area contributed by atoms with Crippen LogP contribution in [0.2, 0.25) is 0 Å². The van der Waals surface area contributed by atoms with Crippen LogP contribution in [0.15, 0.2) is 57.8 Å². The molecule has 2 heterocycles. The van der Waals surface area contributed by atoms with E-state index in [-0.39, 0.29) is 30.1 Å². The van der Waals surface area contributed by atoms with Crippen LogP contribution in [0.3, 0.4) is 0 Å². The lowest BCUT2D eigenvalue weighted by Gasteiger charge is -2.13. The predicted octanol–water partition coefficient (Wildman–Crippen LogP) is 3.66. The molecule has 4 aromatic rings. The molecule has 0 spiro atoms. The number of carbonyl (C=O) groups excluding carboxylic acids is 1. The summed E-state index contributed by atoms with van der Waals surface area (Å²) in [6.45, 7) is 8.11. The van der Waals surface area contributed by atoms with E-state index >= 15 is 0 Å². The number of fused-ring (bicyclic) bond motifs is 1. The molecule has 1 amide bonds. The molecule has 32 heavy (non-hydrogen) atoms. The first-order valence-corrected chi connectivity index (χ1v) is 10.7. The number of hydrogen-bond donors (Lipinski definition) is 1. The van der Waals surface area contributed by atoms with Gasteiger partial charge in [-0.25, -0.2) is 4.79 Å². The van der Waals surface area contributed by atoms with Crippen LogP contribution in [0.1, 0.15) is 44.2 Å². The minimum Gasteiger partial charge on any atom is -0.354 e. The molecule has 0 fully saturated rings. The van der Waals surface area contributed by atoms with Crippen molar-refractivity contribution in [3.63, 3.8) is 0 Å². The number of imidazole rings is 1. The van der Waals surface area contributed by atoms with Gasteiger partial charge in [0.2, 0.25) is 17.6 Å². The third-order valence-corrected chi connectivity index (χ3v) is 5.54. The fourth-order valence-corrected chi connectivity index (χ4v) is 3.85. The van der Waals surface area contributed by atoms with Crippen LogP contribution in [0.25, 0.3) is 22.4 Å². The van der Waals surface area contributed by atoms with E-state index in [0.717, 1.165) is 16.6 Å². The summed E-state index contributed by atoms with van der Waals surface area (Å²) in [7, 11) is 0. The summed E-state index contributed by atoms with van der Waals surface area (Å²) in [6.07, 6.45) is 0. The van der Waals surface area contributed by atoms with E-state index in [1.54, 1.807) is 11.5 Å². The van der Waals surface area contributed by atoms with Crippen LogP contribution in [0, 0.1) is 6.92 Å². The average Bonchev–Trinajstić information content (AvgIpc) is 3.33. The molecule has 0 aliphatic carbocycles. The molecule has 4 rings (SSSR count). The number of carbonyl (C=O) groups is 1. The second-order valence-corrected chi connectivity index (χ2v) is 8.29. The van der Waals surface area contributed by atoms with Gasteiger partial charge in [-0.05, 0) is 43.5 Å². The van der Waals surface area contributed by atoms with E-state index < -0.39 is 0 Å². The van der Waals surface area contributed by atoms with Crippen LogP contribution < -0.4 is 11.0 Å². The predicted molar refractivity (Wildman–Crippen MR) is 122 cm³/mol. The number of aromatic nitrogens is 4. The minimum atomic E-state index is -0.220. The molecular weight excluding hydrogens is 406 g/mol. The van der Waals surface area contributed by atoms with Crippen molar-refractivity contribution in [1.82, 2.24) is 24.6 Å². The molecule has 0 aliphatic heterocycles. The molecule has 0 saturated heterocycles. The second kappa shape index (κ2) is 8.82. The molecule has 0 bridgehead atoms. The maximum absolute atomic E-state index is 13.2. The number of benzene rings is 2. The van der Waals surface area contributed by atoms with E-state index in [0.29, 0.717) is 23.8 Å². The molecule has 8 nitrogen and oxygen atoms in total. The van der Waals surface area contributed by atoms with Crippen LogP contribution in [-0.4, -0.2) is 31.7 Å². The largest absolute Gasteiger partial charge is 0.354 e. The molecule has 8 heteroatoms. The Bertz CT molecular complexity index is 1300. The van der Waals surface area contributed by atoms with Crippen LogP contribution >= 0.6 is 0 Å². The quantitative estimate of drug-likeness (QED) is 0.480. The highest BCUT2D eigenvalue weighted by Gasteiger charge is 2.19. The molecule has 0 radical (unpaired) electrons. The number of amides is 1. The van der Waals surface area contributed by atoms with Crippen molar-refractivity contribution in [3.05, 3.63) is 70.5 Å². The topological polar surface area (TPSA) is 95.0 Å². The van der Waals surface area contributed by atoms with Gasteiger partial charge < -0.3 is 9.84 Å². The Balaban J connectivity index is 1.62. The Hall–Kier alpha value is -3.68. The Labute approximate surface area is 185 Å². The normalized spacial score (nSPS) is 12.4. The zero-order valence-corrected chi connectivity index (χ0v) is 18.7. The van der Waals surface area contributed by atoms with Gasteiger partial charge in [0.05, 0.1) is 11.0 Å². The summed E-state index contributed by atoms with van der Waals surface area (Å²) < 4.78 is 8.29. The SMILES string of the molecule is Cc1nc(-c2ccc3c(c2)n(CC(=O)NCC(C)c2ccccc2)c(=O)n3C(C)C)no1. The molecule has 1 atom stereocenters. The second-order valence-electron chi connectivity index (χ2n) is 8.29. The third kappa shape index (κ3) is 4.21. The first-order chi connectivity index (χ1) is 15.3. The first-order valence-electron chi connectivity index (χ1n) is 10.7. The van der Waals surface area contributed by atoms with Crippen molar-refractivity contribution in [2.24, 2.45) is 0 Å². The number of nitrogens with one attached hydrogen (secondary N) is 1. The van der Waals surface area contributed by atoms with Crippen LogP contribution in [0.4, 0.5) is 0 Å². The number of rotatable bonds is 7. The van der Waals surface area contributed by atoms with Crippen LogP contribution in [-0.2, 0) is 11.3 Å². The van der Waals surface area contributed by atoms with Gasteiger partial charge in [0.25, 0.3) is 0 Å². The van der Waals surface area contributed by atoms with Crippen molar-refractivity contribution in [2.75, 3.05) is 6.54 Å².